The number of para-hydroxylation sites is 1. The molecule has 0 fully saturated rings. The van der Waals surface area contributed by atoms with Crippen molar-refractivity contribution < 1.29 is 4.79 Å². The van der Waals surface area contributed by atoms with Crippen LogP contribution in [0.5, 0.6) is 0 Å². The van der Waals surface area contributed by atoms with Crippen LogP contribution >= 0.6 is 0 Å². The maximum atomic E-state index is 13.3. The Hall–Kier alpha value is -4.76. The van der Waals surface area contributed by atoms with Gasteiger partial charge < -0.3 is 0 Å². The van der Waals surface area contributed by atoms with Gasteiger partial charge in [0, 0.05) is 22.9 Å². The van der Waals surface area contributed by atoms with Gasteiger partial charge in [-0.05, 0) is 18.2 Å². The van der Waals surface area contributed by atoms with Crippen molar-refractivity contribution in [2.24, 2.45) is 5.10 Å². The second-order valence-electron chi connectivity index (χ2n) is 7.79. The molecule has 0 atom stereocenters. The molecule has 6 nitrogen and oxygen atoms in total. The maximum absolute atomic E-state index is 13.3. The van der Waals surface area contributed by atoms with Crippen LogP contribution < -0.4 is 0 Å². The molecule has 5 rings (SSSR count). The molecule has 3 aromatic carbocycles. The second-order valence-corrected chi connectivity index (χ2v) is 7.79. The molecule has 0 spiro atoms. The number of carbonyl (C=O) groups excluding carboxylic acids is 1. The van der Waals surface area contributed by atoms with Crippen LogP contribution in [0.4, 0.5) is 0 Å². The van der Waals surface area contributed by atoms with Gasteiger partial charge >= 0.3 is 0 Å². The molecule has 0 aliphatic carbocycles. The predicted octanol–water partition coefficient (Wildman–Crippen LogP) is 5.08. The Bertz CT molecular complexity index is 1410. The van der Waals surface area contributed by atoms with Gasteiger partial charge in [0.05, 0.1) is 36.0 Å². The number of nitriles is 1. The molecule has 4 aromatic rings. The highest BCUT2D eigenvalue weighted by Gasteiger charge is 2.31. The molecule has 6 heteroatoms. The van der Waals surface area contributed by atoms with Crippen molar-refractivity contribution in [3.8, 4) is 23.0 Å². The Kier molecular flexibility index (Phi) is 5.83. The van der Waals surface area contributed by atoms with Crippen LogP contribution in [0.2, 0.25) is 0 Å². The van der Waals surface area contributed by atoms with Gasteiger partial charge in [0.1, 0.15) is 5.71 Å². The average Bonchev–Trinajstić information content (AvgIpc) is 3.46. The molecule has 0 saturated carbocycles. The van der Waals surface area contributed by atoms with Crippen molar-refractivity contribution >= 4 is 17.7 Å². The third-order valence-corrected chi connectivity index (χ3v) is 5.53. The molecule has 34 heavy (non-hydrogen) atoms. The topological polar surface area (TPSA) is 74.3 Å². The molecule has 1 aliphatic rings. The molecule has 1 amide bonds. The third-order valence-electron chi connectivity index (χ3n) is 5.53. The van der Waals surface area contributed by atoms with Crippen molar-refractivity contribution in [2.75, 3.05) is 6.54 Å². The van der Waals surface area contributed by atoms with Crippen molar-refractivity contribution in [2.45, 2.75) is 6.42 Å². The van der Waals surface area contributed by atoms with E-state index in [0.29, 0.717) is 11.3 Å². The summed E-state index contributed by atoms with van der Waals surface area (Å²) >= 11 is 0. The summed E-state index contributed by atoms with van der Waals surface area (Å²) in [6, 6.07) is 31.5. The molecule has 0 bridgehead atoms. The zero-order valence-electron chi connectivity index (χ0n) is 18.4. The van der Waals surface area contributed by atoms with Gasteiger partial charge in [-0.25, -0.2) is 9.69 Å². The fraction of sp³-hybridized carbons (Fsp3) is 0.0714. The highest BCUT2D eigenvalue weighted by Crippen LogP contribution is 2.29. The first-order valence-corrected chi connectivity index (χ1v) is 11.0. The Morgan fingerprint density at radius 1 is 0.853 bits per heavy atom. The summed E-state index contributed by atoms with van der Waals surface area (Å²) in [5, 5.41) is 19.8. The van der Waals surface area contributed by atoms with Crippen LogP contribution in [0.1, 0.15) is 17.5 Å². The second kappa shape index (κ2) is 9.39. The van der Waals surface area contributed by atoms with Crippen molar-refractivity contribution in [3.63, 3.8) is 0 Å². The number of carbonyl (C=O) groups is 1. The van der Waals surface area contributed by atoms with E-state index in [0.717, 1.165) is 28.1 Å². The number of hydrogen-bond donors (Lipinski definition) is 0. The number of hydrogen-bond acceptors (Lipinski definition) is 4. The highest BCUT2D eigenvalue weighted by molar-refractivity contribution is 6.33. The van der Waals surface area contributed by atoms with Gasteiger partial charge in [0.25, 0.3) is 5.91 Å². The zero-order chi connectivity index (χ0) is 23.3. The first kappa shape index (κ1) is 21.1. The number of rotatable bonds is 6. The SMILES string of the molecule is N#CCCN1N=C(c2ccccc2)/C(=C\c2cn(-c3ccccc3)nc2-c2ccccc2)C1=O. The monoisotopic (exact) mass is 443 g/mol. The fourth-order valence-electron chi connectivity index (χ4n) is 3.89. The first-order chi connectivity index (χ1) is 16.7. The molecule has 0 saturated heterocycles. The number of nitrogens with zero attached hydrogens (tertiary/aromatic N) is 5. The summed E-state index contributed by atoms with van der Waals surface area (Å²) in [5.41, 5.74) is 5.38. The lowest BCUT2D eigenvalue weighted by Crippen LogP contribution is -2.23. The summed E-state index contributed by atoms with van der Waals surface area (Å²) < 4.78 is 1.82. The summed E-state index contributed by atoms with van der Waals surface area (Å²) in [4.78, 5) is 13.3. The van der Waals surface area contributed by atoms with Gasteiger partial charge in [-0.2, -0.15) is 15.5 Å². The Balaban J connectivity index is 1.65. The first-order valence-electron chi connectivity index (χ1n) is 11.0. The van der Waals surface area contributed by atoms with Crippen LogP contribution in [0, 0.1) is 11.3 Å². The summed E-state index contributed by atoms with van der Waals surface area (Å²) in [6.07, 6.45) is 4.00. The predicted molar refractivity (Wildman–Crippen MR) is 132 cm³/mol. The van der Waals surface area contributed by atoms with E-state index in [1.54, 1.807) is 0 Å². The van der Waals surface area contributed by atoms with Gasteiger partial charge in [0.15, 0.2) is 0 Å². The molecular weight excluding hydrogens is 422 g/mol. The van der Waals surface area contributed by atoms with E-state index in [4.69, 9.17) is 10.4 Å². The summed E-state index contributed by atoms with van der Waals surface area (Å²) in [5.74, 6) is -0.222. The fourth-order valence-corrected chi connectivity index (χ4v) is 3.89. The van der Waals surface area contributed by atoms with Crippen LogP contribution in [0.15, 0.2) is 108 Å². The quantitative estimate of drug-likeness (QED) is 0.390. The minimum absolute atomic E-state index is 0.214. The third kappa shape index (κ3) is 4.15. The zero-order valence-corrected chi connectivity index (χ0v) is 18.4. The van der Waals surface area contributed by atoms with Crippen LogP contribution in [0.3, 0.4) is 0 Å². The lowest BCUT2D eigenvalue weighted by Gasteiger charge is -2.08. The van der Waals surface area contributed by atoms with E-state index < -0.39 is 0 Å². The van der Waals surface area contributed by atoms with Gasteiger partial charge in [-0.15, -0.1) is 0 Å². The molecule has 164 valence electrons. The average molecular weight is 444 g/mol. The van der Waals surface area contributed by atoms with E-state index in [2.05, 4.69) is 11.2 Å². The number of amides is 1. The minimum atomic E-state index is -0.222. The van der Waals surface area contributed by atoms with E-state index >= 15 is 0 Å². The van der Waals surface area contributed by atoms with E-state index in [1.807, 2.05) is 108 Å². The van der Waals surface area contributed by atoms with Crippen molar-refractivity contribution in [3.05, 3.63) is 114 Å². The van der Waals surface area contributed by atoms with E-state index in [1.165, 1.54) is 5.01 Å². The molecule has 1 aromatic heterocycles. The van der Waals surface area contributed by atoms with Crippen LogP contribution in [-0.4, -0.2) is 33.0 Å². The van der Waals surface area contributed by atoms with Crippen molar-refractivity contribution in [1.82, 2.24) is 14.8 Å². The molecular formula is C28H21N5O. The Labute approximate surface area is 197 Å². The highest BCUT2D eigenvalue weighted by atomic mass is 16.2. The van der Waals surface area contributed by atoms with Gasteiger partial charge in [-0.1, -0.05) is 78.9 Å². The number of benzene rings is 3. The largest absolute Gasteiger partial charge is 0.276 e. The van der Waals surface area contributed by atoms with Gasteiger partial charge in [-0.3, -0.25) is 4.79 Å². The van der Waals surface area contributed by atoms with E-state index in [9.17, 15) is 4.79 Å². The Morgan fingerprint density at radius 2 is 1.47 bits per heavy atom. The molecule has 2 heterocycles. The number of hydrazone groups is 1. The maximum Gasteiger partial charge on any atom is 0.276 e. The molecule has 0 radical (unpaired) electrons. The minimum Gasteiger partial charge on any atom is -0.267 e. The summed E-state index contributed by atoms with van der Waals surface area (Å²) in [6.45, 7) is 0.248. The lowest BCUT2D eigenvalue weighted by molar-refractivity contribution is -0.125. The normalized spacial score (nSPS) is 14.3. The smallest absolute Gasteiger partial charge is 0.267 e. The Morgan fingerprint density at radius 3 is 2.12 bits per heavy atom. The van der Waals surface area contributed by atoms with Crippen molar-refractivity contribution in [1.29, 1.82) is 5.26 Å². The van der Waals surface area contributed by atoms with Crippen LogP contribution in [0.25, 0.3) is 23.0 Å². The molecule has 0 N–H and O–H groups in total. The number of aromatic nitrogens is 2. The van der Waals surface area contributed by atoms with Gasteiger partial charge in [0.2, 0.25) is 0 Å². The molecule has 0 unspecified atom stereocenters. The standard InChI is InChI=1S/C28H21N5O/c29-17-10-18-32-28(34)25(27(31-32)22-13-6-2-7-14-22)19-23-20-33(24-15-8-3-9-16-24)30-26(23)21-11-4-1-5-12-21/h1-9,11-16,19-20H,10,18H2/b25-19+. The lowest BCUT2D eigenvalue weighted by atomic mass is 9.99. The summed E-state index contributed by atoms with van der Waals surface area (Å²) in [7, 11) is 0. The van der Waals surface area contributed by atoms with Crippen LogP contribution in [-0.2, 0) is 4.79 Å². The van der Waals surface area contributed by atoms with E-state index in [-0.39, 0.29) is 18.9 Å². The molecule has 1 aliphatic heterocycles.